The number of aromatic amines is 1. The van der Waals surface area contributed by atoms with Crippen LogP contribution in [0.1, 0.15) is 25.8 Å². The number of nitrogens with two attached hydrogens (primary N) is 1. The molecule has 1 rings (SSSR count). The number of amides is 1. The van der Waals surface area contributed by atoms with Crippen LogP contribution in [0.3, 0.4) is 0 Å². The van der Waals surface area contributed by atoms with Crippen LogP contribution in [0.2, 0.25) is 0 Å². The average molecular weight is 210 g/mol. The average Bonchev–Trinajstić information content (AvgIpc) is 2.69. The largest absolute Gasteiger partial charge is 0.340 e. The minimum atomic E-state index is -0.779. The maximum absolute atomic E-state index is 11.9. The molecule has 1 aromatic heterocycles. The number of carbonyl (C=O) groups is 1. The van der Waals surface area contributed by atoms with Crippen molar-refractivity contribution in [2.45, 2.75) is 32.4 Å². The van der Waals surface area contributed by atoms with Crippen LogP contribution < -0.4 is 5.73 Å². The molecule has 1 aromatic rings. The Morgan fingerprint density at radius 2 is 2.40 bits per heavy atom. The van der Waals surface area contributed by atoms with Gasteiger partial charge in [-0.25, -0.2) is 0 Å². The van der Waals surface area contributed by atoms with Crippen LogP contribution >= 0.6 is 0 Å². The lowest BCUT2D eigenvalue weighted by Gasteiger charge is -2.27. The summed E-state index contributed by atoms with van der Waals surface area (Å²) in [5, 5.41) is 6.53. The number of carbonyl (C=O) groups excluding carboxylic acids is 1. The first-order valence-corrected chi connectivity index (χ1v) is 4.99. The van der Waals surface area contributed by atoms with Crippen molar-refractivity contribution in [2.75, 3.05) is 7.05 Å². The van der Waals surface area contributed by atoms with E-state index in [4.69, 9.17) is 5.73 Å². The number of H-pyrrole nitrogens is 1. The summed E-state index contributed by atoms with van der Waals surface area (Å²) in [4.78, 5) is 13.5. The zero-order valence-electron chi connectivity index (χ0n) is 9.45. The highest BCUT2D eigenvalue weighted by Gasteiger charge is 2.28. The third-order valence-electron chi connectivity index (χ3n) is 2.54. The Morgan fingerprint density at radius 3 is 2.87 bits per heavy atom. The lowest BCUT2D eigenvalue weighted by Crippen LogP contribution is -2.51. The summed E-state index contributed by atoms with van der Waals surface area (Å²) in [5.41, 5.74) is 6.07. The molecule has 0 bridgehead atoms. The standard InChI is InChI=1S/C10H18N4O/c1-4-10(2,11)9(15)14(3)7-8-5-12-13-6-8/h5-6H,4,7,11H2,1-3H3,(H,12,13). The number of likely N-dealkylation sites (N-methyl/N-ethyl adjacent to an activating group) is 1. The molecule has 1 unspecified atom stereocenters. The van der Waals surface area contributed by atoms with Gasteiger partial charge in [0.05, 0.1) is 11.7 Å². The third kappa shape index (κ3) is 2.79. The SMILES string of the molecule is CCC(C)(N)C(=O)N(C)Cc1cn[nH]c1. The van der Waals surface area contributed by atoms with Crippen LogP contribution in [0, 0.1) is 0 Å². The highest BCUT2D eigenvalue weighted by molar-refractivity contribution is 5.85. The number of aromatic nitrogens is 2. The van der Waals surface area contributed by atoms with Crippen molar-refractivity contribution < 1.29 is 4.79 Å². The van der Waals surface area contributed by atoms with E-state index in [1.165, 1.54) is 0 Å². The highest BCUT2D eigenvalue weighted by Crippen LogP contribution is 2.10. The van der Waals surface area contributed by atoms with E-state index in [1.54, 1.807) is 31.3 Å². The van der Waals surface area contributed by atoms with Crippen LogP contribution in [0.25, 0.3) is 0 Å². The summed E-state index contributed by atoms with van der Waals surface area (Å²) in [6.45, 7) is 4.19. The molecule has 3 N–H and O–H groups in total. The first-order chi connectivity index (χ1) is 6.97. The molecule has 1 heterocycles. The minimum Gasteiger partial charge on any atom is -0.340 e. The van der Waals surface area contributed by atoms with Crippen molar-refractivity contribution in [2.24, 2.45) is 5.73 Å². The van der Waals surface area contributed by atoms with Gasteiger partial charge in [-0.15, -0.1) is 0 Å². The number of nitrogens with zero attached hydrogens (tertiary/aromatic N) is 2. The lowest BCUT2D eigenvalue weighted by atomic mass is 9.99. The van der Waals surface area contributed by atoms with Crippen molar-refractivity contribution in [3.05, 3.63) is 18.0 Å². The predicted octanol–water partition coefficient (Wildman–Crippen LogP) is 0.495. The van der Waals surface area contributed by atoms with Crippen molar-refractivity contribution >= 4 is 5.91 Å². The van der Waals surface area contributed by atoms with Crippen LogP contribution in [0.4, 0.5) is 0 Å². The van der Waals surface area contributed by atoms with Crippen LogP contribution in [-0.2, 0) is 11.3 Å². The molecule has 0 saturated heterocycles. The molecule has 0 radical (unpaired) electrons. The summed E-state index contributed by atoms with van der Waals surface area (Å²) >= 11 is 0. The summed E-state index contributed by atoms with van der Waals surface area (Å²) in [6.07, 6.45) is 4.09. The van der Waals surface area contributed by atoms with Gasteiger partial charge in [0.15, 0.2) is 0 Å². The number of hydrogen-bond donors (Lipinski definition) is 2. The fourth-order valence-corrected chi connectivity index (χ4v) is 1.30. The summed E-state index contributed by atoms with van der Waals surface area (Å²) in [7, 11) is 1.75. The molecule has 84 valence electrons. The second-order valence-electron chi connectivity index (χ2n) is 4.04. The van der Waals surface area contributed by atoms with Crippen molar-refractivity contribution in [1.29, 1.82) is 0 Å². The fourth-order valence-electron chi connectivity index (χ4n) is 1.30. The second-order valence-corrected chi connectivity index (χ2v) is 4.04. The molecule has 0 aliphatic carbocycles. The summed E-state index contributed by atoms with van der Waals surface area (Å²) in [5.74, 6) is -0.0498. The number of rotatable bonds is 4. The molecule has 1 atom stereocenters. The normalized spacial score (nSPS) is 14.7. The quantitative estimate of drug-likeness (QED) is 0.759. The minimum absolute atomic E-state index is 0.0498. The number of nitrogens with one attached hydrogen (secondary N) is 1. The monoisotopic (exact) mass is 210 g/mol. The Hall–Kier alpha value is -1.36. The molecule has 0 aromatic carbocycles. The van der Waals surface area contributed by atoms with Crippen molar-refractivity contribution in [3.63, 3.8) is 0 Å². The predicted molar refractivity (Wildman–Crippen MR) is 57.9 cm³/mol. The van der Waals surface area contributed by atoms with Gasteiger partial charge in [0.25, 0.3) is 0 Å². The van der Waals surface area contributed by atoms with Gasteiger partial charge in [0.2, 0.25) is 5.91 Å². The van der Waals surface area contributed by atoms with Gasteiger partial charge in [-0.05, 0) is 13.3 Å². The Kier molecular flexibility index (Phi) is 3.47. The Bertz CT molecular complexity index is 318. The van der Waals surface area contributed by atoms with Crippen molar-refractivity contribution in [1.82, 2.24) is 15.1 Å². The van der Waals surface area contributed by atoms with Gasteiger partial charge in [-0.1, -0.05) is 6.92 Å². The van der Waals surface area contributed by atoms with E-state index in [-0.39, 0.29) is 5.91 Å². The molecule has 5 nitrogen and oxygen atoms in total. The van der Waals surface area contributed by atoms with Gasteiger partial charge in [0.1, 0.15) is 0 Å². The van der Waals surface area contributed by atoms with E-state index in [9.17, 15) is 4.79 Å². The van der Waals surface area contributed by atoms with Gasteiger partial charge in [-0.2, -0.15) is 5.10 Å². The Balaban J connectivity index is 2.61. The molecular formula is C10H18N4O. The molecule has 0 fully saturated rings. The van der Waals surface area contributed by atoms with Gasteiger partial charge in [0, 0.05) is 25.4 Å². The molecule has 0 aliphatic heterocycles. The first kappa shape index (κ1) is 11.7. The zero-order chi connectivity index (χ0) is 11.5. The van der Waals surface area contributed by atoms with Crippen LogP contribution in [0.15, 0.2) is 12.4 Å². The lowest BCUT2D eigenvalue weighted by molar-refractivity contribution is -0.135. The fraction of sp³-hybridized carbons (Fsp3) is 0.600. The molecule has 15 heavy (non-hydrogen) atoms. The van der Waals surface area contributed by atoms with E-state index < -0.39 is 5.54 Å². The maximum Gasteiger partial charge on any atom is 0.242 e. The summed E-state index contributed by atoms with van der Waals surface area (Å²) in [6, 6.07) is 0. The molecule has 5 heteroatoms. The molecule has 0 saturated carbocycles. The van der Waals surface area contributed by atoms with Crippen LogP contribution in [-0.4, -0.2) is 33.6 Å². The van der Waals surface area contributed by atoms with Gasteiger partial charge < -0.3 is 10.6 Å². The van der Waals surface area contributed by atoms with Crippen LogP contribution in [0.5, 0.6) is 0 Å². The van der Waals surface area contributed by atoms with Gasteiger partial charge in [-0.3, -0.25) is 9.89 Å². The topological polar surface area (TPSA) is 75.0 Å². The number of hydrogen-bond acceptors (Lipinski definition) is 3. The van der Waals surface area contributed by atoms with E-state index in [1.807, 2.05) is 6.92 Å². The Morgan fingerprint density at radius 1 is 1.73 bits per heavy atom. The van der Waals surface area contributed by atoms with E-state index >= 15 is 0 Å². The first-order valence-electron chi connectivity index (χ1n) is 4.99. The smallest absolute Gasteiger partial charge is 0.242 e. The molecule has 0 spiro atoms. The molecule has 1 amide bonds. The van der Waals surface area contributed by atoms with E-state index in [0.717, 1.165) is 5.56 Å². The maximum atomic E-state index is 11.9. The molecule has 0 aliphatic rings. The second kappa shape index (κ2) is 4.44. The summed E-state index contributed by atoms with van der Waals surface area (Å²) < 4.78 is 0. The Labute approximate surface area is 89.6 Å². The van der Waals surface area contributed by atoms with Gasteiger partial charge >= 0.3 is 0 Å². The third-order valence-corrected chi connectivity index (χ3v) is 2.54. The molecular weight excluding hydrogens is 192 g/mol. The van der Waals surface area contributed by atoms with Crippen molar-refractivity contribution in [3.8, 4) is 0 Å². The van der Waals surface area contributed by atoms with E-state index in [2.05, 4.69) is 10.2 Å². The van der Waals surface area contributed by atoms with E-state index in [0.29, 0.717) is 13.0 Å². The highest BCUT2D eigenvalue weighted by atomic mass is 16.2. The zero-order valence-corrected chi connectivity index (χ0v) is 9.45.